The molecule has 0 amide bonds. The minimum absolute atomic E-state index is 0.203. The minimum Gasteiger partial charge on any atom is -0.258 e. The molecule has 1 aromatic heterocycles. The van der Waals surface area contributed by atoms with Crippen LogP contribution in [0.2, 0.25) is 5.02 Å². The van der Waals surface area contributed by atoms with E-state index >= 15 is 0 Å². The highest BCUT2D eigenvalue weighted by Gasteiger charge is 2.25. The van der Waals surface area contributed by atoms with E-state index in [1.165, 1.54) is 16.8 Å². The Morgan fingerprint density at radius 2 is 1.85 bits per heavy atom. The lowest BCUT2D eigenvalue weighted by molar-refractivity contribution is -0.387. The summed E-state index contributed by atoms with van der Waals surface area (Å²) in [4.78, 5) is 9.84. The Balaban J connectivity index is 1.85. The molecule has 10 nitrogen and oxygen atoms in total. The van der Waals surface area contributed by atoms with Crippen LogP contribution in [0.1, 0.15) is 5.82 Å². The number of halogens is 1. The van der Waals surface area contributed by atoms with Gasteiger partial charge >= 0.3 is 0 Å². The van der Waals surface area contributed by atoms with Crippen molar-refractivity contribution < 1.29 is 13.3 Å². The van der Waals surface area contributed by atoms with E-state index in [-0.39, 0.29) is 12.4 Å². The van der Waals surface area contributed by atoms with Gasteiger partial charge in [0.05, 0.1) is 17.2 Å². The van der Waals surface area contributed by atoms with E-state index in [9.17, 15) is 18.5 Å². The van der Waals surface area contributed by atoms with Gasteiger partial charge in [-0.05, 0) is 40.8 Å². The zero-order chi connectivity index (χ0) is 18.7. The van der Waals surface area contributed by atoms with Crippen LogP contribution in [0, 0.1) is 10.1 Å². The van der Waals surface area contributed by atoms with Crippen LogP contribution in [-0.4, -0.2) is 33.5 Å². The highest BCUT2D eigenvalue weighted by molar-refractivity contribution is 7.89. The fraction of sp³-hybridized carbons (Fsp3) is 0.0714. The normalized spacial score (nSPS) is 11.4. The molecule has 0 aliphatic carbocycles. The highest BCUT2D eigenvalue weighted by Crippen LogP contribution is 2.23. The number of tetrazole rings is 1. The second kappa shape index (κ2) is 7.15. The van der Waals surface area contributed by atoms with Crippen LogP contribution in [-0.2, 0) is 16.6 Å². The molecule has 2 aromatic carbocycles. The van der Waals surface area contributed by atoms with Crippen molar-refractivity contribution in [2.24, 2.45) is 0 Å². The van der Waals surface area contributed by atoms with E-state index < -0.39 is 25.5 Å². The molecular formula is C14H11ClN6O4S. The summed E-state index contributed by atoms with van der Waals surface area (Å²) in [5.41, 5.74) is 0.0663. The number of para-hydroxylation sites is 1. The first-order valence-corrected chi connectivity index (χ1v) is 9.01. The SMILES string of the molecule is O=[N+]([O-])c1ccccc1S(=O)(=O)NCc1nnnn1-c1ccc(Cl)cc1. The van der Waals surface area contributed by atoms with Crippen LogP contribution in [0.25, 0.3) is 5.69 Å². The van der Waals surface area contributed by atoms with Crippen LogP contribution in [0.4, 0.5) is 5.69 Å². The summed E-state index contributed by atoms with van der Waals surface area (Å²) in [5, 5.41) is 22.7. The molecule has 3 aromatic rings. The van der Waals surface area contributed by atoms with Crippen LogP contribution >= 0.6 is 11.6 Å². The number of nitro benzene ring substituents is 1. The van der Waals surface area contributed by atoms with Gasteiger partial charge in [-0.3, -0.25) is 10.1 Å². The van der Waals surface area contributed by atoms with Crippen molar-refractivity contribution in [1.29, 1.82) is 0 Å². The topological polar surface area (TPSA) is 133 Å². The van der Waals surface area contributed by atoms with Gasteiger partial charge in [0.25, 0.3) is 5.69 Å². The van der Waals surface area contributed by atoms with Gasteiger partial charge in [0, 0.05) is 11.1 Å². The fourth-order valence-corrected chi connectivity index (χ4v) is 3.45. The number of aromatic nitrogens is 4. The summed E-state index contributed by atoms with van der Waals surface area (Å²) in [6, 6.07) is 11.7. The number of benzene rings is 2. The molecule has 0 saturated carbocycles. The predicted octanol–water partition coefficient (Wildman–Crippen LogP) is 1.70. The third-order valence-electron chi connectivity index (χ3n) is 3.38. The number of nitrogens with zero attached hydrogens (tertiary/aromatic N) is 5. The van der Waals surface area contributed by atoms with Gasteiger partial charge in [0.15, 0.2) is 10.7 Å². The molecule has 1 N–H and O–H groups in total. The van der Waals surface area contributed by atoms with Gasteiger partial charge in [-0.25, -0.2) is 13.1 Å². The van der Waals surface area contributed by atoms with Crippen LogP contribution < -0.4 is 4.72 Å². The molecule has 12 heteroatoms. The van der Waals surface area contributed by atoms with Crippen molar-refractivity contribution in [2.75, 3.05) is 0 Å². The molecule has 134 valence electrons. The lowest BCUT2D eigenvalue weighted by atomic mass is 10.3. The number of nitrogens with one attached hydrogen (secondary N) is 1. The molecule has 0 aliphatic rings. The Labute approximate surface area is 152 Å². The van der Waals surface area contributed by atoms with Crippen molar-refractivity contribution >= 4 is 27.3 Å². The molecule has 0 spiro atoms. The summed E-state index contributed by atoms with van der Waals surface area (Å²) in [5.74, 6) is 0.203. The Hall–Kier alpha value is -2.89. The molecule has 3 rings (SSSR count). The Morgan fingerprint density at radius 1 is 1.15 bits per heavy atom. The van der Waals surface area contributed by atoms with Gasteiger partial charge in [-0.1, -0.05) is 23.7 Å². The van der Waals surface area contributed by atoms with Crippen molar-refractivity contribution in [2.45, 2.75) is 11.4 Å². The van der Waals surface area contributed by atoms with E-state index in [4.69, 9.17) is 11.6 Å². The smallest absolute Gasteiger partial charge is 0.258 e. The van der Waals surface area contributed by atoms with Crippen molar-refractivity contribution in [3.63, 3.8) is 0 Å². The first-order valence-electron chi connectivity index (χ1n) is 7.15. The van der Waals surface area contributed by atoms with Crippen LogP contribution in [0.5, 0.6) is 0 Å². The third kappa shape index (κ3) is 3.69. The number of hydrogen-bond acceptors (Lipinski definition) is 7. The summed E-state index contributed by atoms with van der Waals surface area (Å²) in [7, 11) is -4.14. The molecule has 0 unspecified atom stereocenters. The quantitative estimate of drug-likeness (QED) is 0.496. The van der Waals surface area contributed by atoms with Gasteiger partial charge in [-0.15, -0.1) is 5.10 Å². The maximum absolute atomic E-state index is 12.4. The third-order valence-corrected chi connectivity index (χ3v) is 5.08. The maximum Gasteiger partial charge on any atom is 0.289 e. The molecule has 26 heavy (non-hydrogen) atoms. The van der Waals surface area contributed by atoms with Crippen molar-refractivity contribution in [1.82, 2.24) is 24.9 Å². The summed E-state index contributed by atoms with van der Waals surface area (Å²) >= 11 is 5.83. The second-order valence-electron chi connectivity index (χ2n) is 5.03. The fourth-order valence-electron chi connectivity index (χ4n) is 2.17. The van der Waals surface area contributed by atoms with Gasteiger partial charge in [-0.2, -0.15) is 4.68 Å². The molecular weight excluding hydrogens is 384 g/mol. The van der Waals surface area contributed by atoms with E-state index in [1.54, 1.807) is 24.3 Å². The summed E-state index contributed by atoms with van der Waals surface area (Å²) in [6.07, 6.45) is 0. The van der Waals surface area contributed by atoms with Crippen molar-refractivity contribution in [3.05, 3.63) is 69.5 Å². The maximum atomic E-state index is 12.4. The summed E-state index contributed by atoms with van der Waals surface area (Å²) < 4.78 is 28.5. The van der Waals surface area contributed by atoms with Gasteiger partial charge in [0.1, 0.15) is 0 Å². The molecule has 0 radical (unpaired) electrons. The van der Waals surface area contributed by atoms with Crippen LogP contribution in [0.15, 0.2) is 53.4 Å². The number of nitro groups is 1. The van der Waals surface area contributed by atoms with Gasteiger partial charge < -0.3 is 0 Å². The molecule has 0 bridgehead atoms. The highest BCUT2D eigenvalue weighted by atomic mass is 35.5. The molecule has 0 fully saturated rings. The molecule has 1 heterocycles. The van der Waals surface area contributed by atoms with Crippen molar-refractivity contribution in [3.8, 4) is 5.69 Å². The second-order valence-corrected chi connectivity index (χ2v) is 7.20. The van der Waals surface area contributed by atoms with E-state index in [0.29, 0.717) is 10.7 Å². The first-order chi connectivity index (χ1) is 12.4. The monoisotopic (exact) mass is 394 g/mol. The predicted molar refractivity (Wildman–Crippen MR) is 91.3 cm³/mol. The molecule has 0 saturated heterocycles. The van der Waals surface area contributed by atoms with E-state index in [2.05, 4.69) is 20.2 Å². The summed E-state index contributed by atoms with van der Waals surface area (Å²) in [6.45, 7) is -0.260. The Kier molecular flexibility index (Phi) is 4.93. The minimum atomic E-state index is -4.14. The first kappa shape index (κ1) is 17.9. The van der Waals surface area contributed by atoms with Gasteiger partial charge in [0.2, 0.25) is 10.0 Å². The van der Waals surface area contributed by atoms with Crippen LogP contribution in [0.3, 0.4) is 0 Å². The average Bonchev–Trinajstić information content (AvgIpc) is 3.09. The Bertz CT molecular complexity index is 1050. The lowest BCUT2D eigenvalue weighted by Crippen LogP contribution is -2.25. The average molecular weight is 395 g/mol. The molecule has 0 atom stereocenters. The number of rotatable bonds is 6. The zero-order valence-corrected chi connectivity index (χ0v) is 14.6. The number of sulfonamides is 1. The standard InChI is InChI=1S/C14H11ClN6O4S/c15-10-5-7-11(8-6-10)20-14(17-18-19-20)9-16-26(24,25)13-4-2-1-3-12(13)21(22)23/h1-8,16H,9H2. The molecule has 0 aliphatic heterocycles. The largest absolute Gasteiger partial charge is 0.289 e. The Morgan fingerprint density at radius 3 is 2.54 bits per heavy atom. The number of hydrogen-bond donors (Lipinski definition) is 1. The zero-order valence-electron chi connectivity index (χ0n) is 13.0. The van der Waals surface area contributed by atoms with E-state index in [1.807, 2.05) is 0 Å². The van der Waals surface area contributed by atoms with E-state index in [0.717, 1.165) is 12.1 Å². The lowest BCUT2D eigenvalue weighted by Gasteiger charge is -2.08.